The highest BCUT2D eigenvalue weighted by Gasteiger charge is 2.19. The summed E-state index contributed by atoms with van der Waals surface area (Å²) in [5.41, 5.74) is 2.29. The predicted octanol–water partition coefficient (Wildman–Crippen LogP) is 0.358. The lowest BCUT2D eigenvalue weighted by Gasteiger charge is -2.17. The van der Waals surface area contributed by atoms with Crippen molar-refractivity contribution in [3.63, 3.8) is 0 Å². The van der Waals surface area contributed by atoms with Crippen molar-refractivity contribution >= 4 is 17.3 Å². The maximum absolute atomic E-state index is 10.9. The van der Waals surface area contributed by atoms with E-state index in [0.717, 1.165) is 0 Å². The van der Waals surface area contributed by atoms with Gasteiger partial charge in [-0.2, -0.15) is 0 Å². The average Bonchev–Trinajstić information content (AvgIpc) is 2.34. The number of anilines is 2. The van der Waals surface area contributed by atoms with E-state index in [1.54, 1.807) is 19.1 Å². The molecule has 0 aliphatic rings. The van der Waals surface area contributed by atoms with Gasteiger partial charge >= 0.3 is 5.69 Å². The Morgan fingerprint density at radius 1 is 1.65 bits per heavy atom. The molecule has 1 heterocycles. The molecule has 0 fully saturated rings. The maximum atomic E-state index is 10.9. The number of hydrogen-bond acceptors (Lipinski definition) is 7. The minimum absolute atomic E-state index is 0.0670. The molecule has 0 aromatic carbocycles. The summed E-state index contributed by atoms with van der Waals surface area (Å²) in [5.74, 6) is 5.84. The summed E-state index contributed by atoms with van der Waals surface area (Å²) in [6.45, 7) is 0.952. The number of nitrogens with zero attached hydrogens (tertiary/aromatic N) is 3. The van der Waals surface area contributed by atoms with Crippen LogP contribution in [0.5, 0.6) is 0 Å². The zero-order valence-corrected chi connectivity index (χ0v) is 9.71. The molecule has 0 radical (unpaired) electrons. The van der Waals surface area contributed by atoms with Crippen LogP contribution >= 0.6 is 0 Å². The lowest BCUT2D eigenvalue weighted by Crippen LogP contribution is -2.24. The number of methoxy groups -OCH3 is 1. The summed E-state index contributed by atoms with van der Waals surface area (Å²) in [4.78, 5) is 16.1. The molecule has 1 rings (SSSR count). The quantitative estimate of drug-likeness (QED) is 0.420. The smallest absolute Gasteiger partial charge is 0.311 e. The Hall–Kier alpha value is -1.93. The lowest BCUT2D eigenvalue weighted by atomic mass is 10.3. The van der Waals surface area contributed by atoms with Gasteiger partial charge in [-0.15, -0.1) is 0 Å². The number of pyridine rings is 1. The molecule has 17 heavy (non-hydrogen) atoms. The Bertz CT molecular complexity index is 398. The average molecular weight is 241 g/mol. The topological polar surface area (TPSA) is 107 Å². The molecular weight excluding hydrogens is 226 g/mol. The molecule has 0 aliphatic carbocycles. The highest BCUT2D eigenvalue weighted by atomic mass is 16.6. The number of ether oxygens (including phenoxy) is 1. The van der Waals surface area contributed by atoms with Gasteiger partial charge in [0.2, 0.25) is 5.82 Å². The standard InChI is InChI=1S/C9H15N5O3/c1-13(5-6-17-2)9-7(14(15)16)3-4-8(11-9)12-10/h3-4H,5-6,10H2,1-2H3,(H,11,12). The Morgan fingerprint density at radius 3 is 2.88 bits per heavy atom. The SMILES string of the molecule is COCCN(C)c1nc(NN)ccc1[N+](=O)[O-]. The predicted molar refractivity (Wildman–Crippen MR) is 63.8 cm³/mol. The third-order valence-electron chi connectivity index (χ3n) is 2.19. The fourth-order valence-electron chi connectivity index (χ4n) is 1.28. The van der Waals surface area contributed by atoms with E-state index in [4.69, 9.17) is 10.6 Å². The zero-order chi connectivity index (χ0) is 12.8. The monoisotopic (exact) mass is 241 g/mol. The Kier molecular flexibility index (Phi) is 4.61. The molecule has 1 aromatic heterocycles. The van der Waals surface area contributed by atoms with Gasteiger partial charge in [0.1, 0.15) is 5.82 Å². The lowest BCUT2D eigenvalue weighted by molar-refractivity contribution is -0.384. The fourth-order valence-corrected chi connectivity index (χ4v) is 1.28. The number of nitro groups is 1. The van der Waals surface area contributed by atoms with Gasteiger partial charge in [-0.3, -0.25) is 10.1 Å². The summed E-state index contributed by atoms with van der Waals surface area (Å²) < 4.78 is 4.91. The molecular formula is C9H15N5O3. The van der Waals surface area contributed by atoms with Crippen LogP contribution in [0.15, 0.2) is 12.1 Å². The van der Waals surface area contributed by atoms with E-state index in [0.29, 0.717) is 19.0 Å². The van der Waals surface area contributed by atoms with Crippen LogP contribution < -0.4 is 16.2 Å². The second kappa shape index (κ2) is 5.97. The first-order valence-electron chi connectivity index (χ1n) is 4.92. The first kappa shape index (κ1) is 13.1. The third kappa shape index (κ3) is 3.26. The molecule has 0 aliphatic heterocycles. The van der Waals surface area contributed by atoms with Crippen molar-refractivity contribution in [2.24, 2.45) is 5.84 Å². The zero-order valence-electron chi connectivity index (χ0n) is 9.71. The van der Waals surface area contributed by atoms with Gasteiger partial charge in [0.15, 0.2) is 0 Å². The van der Waals surface area contributed by atoms with E-state index in [1.807, 2.05) is 0 Å². The van der Waals surface area contributed by atoms with Gasteiger partial charge in [0.05, 0.1) is 11.5 Å². The maximum Gasteiger partial charge on any atom is 0.311 e. The Labute approximate surface area is 98.5 Å². The van der Waals surface area contributed by atoms with E-state index in [2.05, 4.69) is 10.4 Å². The van der Waals surface area contributed by atoms with Crippen molar-refractivity contribution in [1.29, 1.82) is 0 Å². The molecule has 0 saturated heterocycles. The van der Waals surface area contributed by atoms with Crippen LogP contribution in [0.3, 0.4) is 0 Å². The first-order valence-corrected chi connectivity index (χ1v) is 4.92. The van der Waals surface area contributed by atoms with Crippen molar-refractivity contribution < 1.29 is 9.66 Å². The van der Waals surface area contributed by atoms with E-state index in [-0.39, 0.29) is 11.5 Å². The molecule has 8 nitrogen and oxygen atoms in total. The molecule has 0 unspecified atom stereocenters. The number of hydrazine groups is 1. The molecule has 94 valence electrons. The van der Waals surface area contributed by atoms with Crippen LogP contribution in [-0.2, 0) is 4.74 Å². The van der Waals surface area contributed by atoms with Crippen LogP contribution in [0.2, 0.25) is 0 Å². The van der Waals surface area contributed by atoms with Crippen molar-refractivity contribution in [3.05, 3.63) is 22.2 Å². The summed E-state index contributed by atoms with van der Waals surface area (Å²) in [6, 6.07) is 2.81. The van der Waals surface area contributed by atoms with Crippen LogP contribution in [0.1, 0.15) is 0 Å². The van der Waals surface area contributed by atoms with Gasteiger partial charge in [-0.1, -0.05) is 0 Å². The Morgan fingerprint density at radius 2 is 2.35 bits per heavy atom. The van der Waals surface area contributed by atoms with Crippen LogP contribution in [-0.4, -0.2) is 37.2 Å². The van der Waals surface area contributed by atoms with E-state index in [9.17, 15) is 10.1 Å². The van der Waals surface area contributed by atoms with Crippen LogP contribution in [0.4, 0.5) is 17.3 Å². The van der Waals surface area contributed by atoms with Crippen LogP contribution in [0.25, 0.3) is 0 Å². The molecule has 0 amide bonds. The number of nitrogens with one attached hydrogen (secondary N) is 1. The normalized spacial score (nSPS) is 10.1. The van der Waals surface area contributed by atoms with Crippen molar-refractivity contribution in [1.82, 2.24) is 4.98 Å². The van der Waals surface area contributed by atoms with Crippen molar-refractivity contribution in [3.8, 4) is 0 Å². The second-order valence-corrected chi connectivity index (χ2v) is 3.36. The van der Waals surface area contributed by atoms with E-state index >= 15 is 0 Å². The summed E-state index contributed by atoms with van der Waals surface area (Å²) >= 11 is 0. The largest absolute Gasteiger partial charge is 0.383 e. The number of hydrogen-bond donors (Lipinski definition) is 2. The van der Waals surface area contributed by atoms with Gasteiger partial charge < -0.3 is 15.1 Å². The van der Waals surface area contributed by atoms with Gasteiger partial charge in [0.25, 0.3) is 0 Å². The van der Waals surface area contributed by atoms with Gasteiger partial charge in [0, 0.05) is 26.8 Å². The highest BCUT2D eigenvalue weighted by molar-refractivity contribution is 5.61. The van der Waals surface area contributed by atoms with Crippen molar-refractivity contribution in [2.45, 2.75) is 0 Å². The number of nitrogen functional groups attached to an aromatic ring is 1. The summed E-state index contributed by atoms with van der Waals surface area (Å²) in [5, 5.41) is 10.9. The second-order valence-electron chi connectivity index (χ2n) is 3.36. The number of aromatic nitrogens is 1. The minimum atomic E-state index is -0.480. The first-order chi connectivity index (χ1) is 8.10. The van der Waals surface area contributed by atoms with Gasteiger partial charge in [-0.25, -0.2) is 10.8 Å². The molecule has 0 atom stereocenters. The van der Waals surface area contributed by atoms with E-state index < -0.39 is 4.92 Å². The van der Waals surface area contributed by atoms with E-state index in [1.165, 1.54) is 12.1 Å². The number of nitrogens with two attached hydrogens (primary N) is 1. The highest BCUT2D eigenvalue weighted by Crippen LogP contribution is 2.26. The molecule has 1 aromatic rings. The number of rotatable bonds is 6. The minimum Gasteiger partial charge on any atom is -0.383 e. The third-order valence-corrected chi connectivity index (χ3v) is 2.19. The Balaban J connectivity index is 3.03. The molecule has 0 bridgehead atoms. The fraction of sp³-hybridized carbons (Fsp3) is 0.444. The molecule has 0 spiro atoms. The number of likely N-dealkylation sites (N-methyl/N-ethyl adjacent to an activating group) is 1. The molecule has 0 saturated carbocycles. The molecule has 8 heteroatoms. The molecule has 3 N–H and O–H groups in total. The van der Waals surface area contributed by atoms with Crippen LogP contribution in [0, 0.1) is 10.1 Å². The van der Waals surface area contributed by atoms with Crippen molar-refractivity contribution in [2.75, 3.05) is 37.6 Å². The summed E-state index contributed by atoms with van der Waals surface area (Å²) in [7, 11) is 3.27. The van der Waals surface area contributed by atoms with Gasteiger partial charge in [-0.05, 0) is 6.07 Å². The summed E-state index contributed by atoms with van der Waals surface area (Å²) in [6.07, 6.45) is 0.